The molecular formula is C15H23N5O. The van der Waals surface area contributed by atoms with Crippen LogP contribution in [0.3, 0.4) is 0 Å². The second kappa shape index (κ2) is 6.11. The summed E-state index contributed by atoms with van der Waals surface area (Å²) in [5.74, 6) is 1.22. The number of hydrogen-bond donors (Lipinski definition) is 1. The summed E-state index contributed by atoms with van der Waals surface area (Å²) in [5.41, 5.74) is 3.84. The molecule has 0 spiro atoms. The number of nitrogens with one attached hydrogen (secondary N) is 1. The Morgan fingerprint density at radius 2 is 2.00 bits per heavy atom. The van der Waals surface area contributed by atoms with Gasteiger partial charge in [-0.1, -0.05) is 6.92 Å². The molecule has 0 radical (unpaired) electrons. The summed E-state index contributed by atoms with van der Waals surface area (Å²) in [4.78, 5) is 23.2. The van der Waals surface area contributed by atoms with Crippen LogP contribution in [0.5, 0.6) is 0 Å². The van der Waals surface area contributed by atoms with Crippen molar-refractivity contribution < 1.29 is 4.79 Å². The van der Waals surface area contributed by atoms with Gasteiger partial charge in [0.15, 0.2) is 5.82 Å². The molecule has 6 nitrogen and oxygen atoms in total. The quantitative estimate of drug-likeness (QED) is 0.928. The van der Waals surface area contributed by atoms with Gasteiger partial charge in [0.25, 0.3) is 0 Å². The van der Waals surface area contributed by atoms with Crippen LogP contribution < -0.4 is 10.4 Å². The third-order valence-corrected chi connectivity index (χ3v) is 3.34. The molecule has 21 heavy (non-hydrogen) atoms. The smallest absolute Gasteiger partial charge is 0.245 e. The molecule has 2 heterocycles. The molecule has 0 bridgehead atoms. The Kier molecular flexibility index (Phi) is 4.45. The van der Waals surface area contributed by atoms with Gasteiger partial charge in [0, 0.05) is 24.7 Å². The predicted molar refractivity (Wildman–Crippen MR) is 84.4 cm³/mol. The molecule has 2 rings (SSSR count). The lowest BCUT2D eigenvalue weighted by atomic mass is 10.2. The summed E-state index contributed by atoms with van der Waals surface area (Å²) in [6, 6.07) is 4.18. The highest BCUT2D eigenvalue weighted by atomic mass is 16.2. The molecule has 0 fully saturated rings. The Balaban J connectivity index is 2.46. The van der Waals surface area contributed by atoms with Crippen LogP contribution in [0, 0.1) is 0 Å². The molecule has 0 unspecified atom stereocenters. The average Bonchev–Trinajstić information content (AvgIpc) is 2.44. The van der Waals surface area contributed by atoms with E-state index in [2.05, 4.69) is 48.0 Å². The van der Waals surface area contributed by atoms with E-state index in [1.165, 1.54) is 0 Å². The number of fused-ring (bicyclic) bond motifs is 1. The van der Waals surface area contributed by atoms with Crippen molar-refractivity contribution in [3.8, 4) is 0 Å². The number of pyridine rings is 1. The first-order valence-electron chi connectivity index (χ1n) is 7.37. The van der Waals surface area contributed by atoms with Crippen LogP contribution in [0.2, 0.25) is 0 Å². The molecule has 0 atom stereocenters. The van der Waals surface area contributed by atoms with Gasteiger partial charge in [-0.2, -0.15) is 4.99 Å². The first-order chi connectivity index (χ1) is 9.95. The summed E-state index contributed by atoms with van der Waals surface area (Å²) >= 11 is 0. The van der Waals surface area contributed by atoms with Crippen molar-refractivity contribution in [3.63, 3.8) is 0 Å². The van der Waals surface area contributed by atoms with Gasteiger partial charge in [0.1, 0.15) is 5.69 Å². The number of anilines is 1. The summed E-state index contributed by atoms with van der Waals surface area (Å²) in [5, 5.41) is 1.54. The number of hydrogen-bond acceptors (Lipinski definition) is 5. The highest BCUT2D eigenvalue weighted by molar-refractivity contribution is 6.02. The SMILES string of the molecule is CCC(=O)N1NC(N(C(C)C)C(C)C)=Nc2ncccc21. The number of aromatic nitrogens is 1. The third-order valence-electron chi connectivity index (χ3n) is 3.34. The van der Waals surface area contributed by atoms with Crippen molar-refractivity contribution in [2.45, 2.75) is 53.1 Å². The zero-order chi connectivity index (χ0) is 15.6. The van der Waals surface area contributed by atoms with E-state index in [1.807, 2.05) is 13.0 Å². The highest BCUT2D eigenvalue weighted by Crippen LogP contribution is 2.29. The molecule has 0 aromatic carbocycles. The molecule has 0 aliphatic carbocycles. The van der Waals surface area contributed by atoms with Gasteiger partial charge in [0.2, 0.25) is 11.9 Å². The summed E-state index contributed by atoms with van der Waals surface area (Å²) in [6.07, 6.45) is 2.10. The molecule has 1 amide bonds. The van der Waals surface area contributed by atoms with E-state index in [9.17, 15) is 4.79 Å². The molecular weight excluding hydrogens is 266 g/mol. The lowest BCUT2D eigenvalue weighted by Gasteiger charge is -2.38. The number of rotatable bonds is 3. The van der Waals surface area contributed by atoms with E-state index in [4.69, 9.17) is 0 Å². The van der Waals surface area contributed by atoms with Crippen LogP contribution in [0.1, 0.15) is 41.0 Å². The van der Waals surface area contributed by atoms with Crippen molar-refractivity contribution in [3.05, 3.63) is 18.3 Å². The van der Waals surface area contributed by atoms with Crippen LogP contribution in [0.15, 0.2) is 23.3 Å². The predicted octanol–water partition coefficient (Wildman–Crippen LogP) is 2.45. The number of amides is 1. The van der Waals surface area contributed by atoms with Crippen molar-refractivity contribution in [1.29, 1.82) is 0 Å². The lowest BCUT2D eigenvalue weighted by Crippen LogP contribution is -2.57. The molecule has 1 aliphatic heterocycles. The summed E-state index contributed by atoms with van der Waals surface area (Å²) < 4.78 is 0. The fraction of sp³-hybridized carbons (Fsp3) is 0.533. The van der Waals surface area contributed by atoms with Crippen LogP contribution in [-0.4, -0.2) is 33.8 Å². The summed E-state index contributed by atoms with van der Waals surface area (Å²) in [6.45, 7) is 10.2. The maximum absolute atomic E-state index is 12.2. The normalized spacial score (nSPS) is 13.9. The van der Waals surface area contributed by atoms with Gasteiger partial charge < -0.3 is 4.90 Å². The largest absolute Gasteiger partial charge is 0.336 e. The van der Waals surface area contributed by atoms with Crippen molar-refractivity contribution in [1.82, 2.24) is 15.3 Å². The molecule has 1 aromatic rings. The minimum Gasteiger partial charge on any atom is -0.336 e. The number of aliphatic imine (C=N–C) groups is 1. The van der Waals surface area contributed by atoms with E-state index < -0.39 is 0 Å². The van der Waals surface area contributed by atoms with E-state index >= 15 is 0 Å². The molecule has 114 valence electrons. The van der Waals surface area contributed by atoms with Gasteiger partial charge in [-0.25, -0.2) is 9.99 Å². The molecule has 1 aromatic heterocycles. The molecule has 0 saturated heterocycles. The fourth-order valence-electron chi connectivity index (χ4n) is 2.49. The minimum absolute atomic E-state index is 0.0101. The van der Waals surface area contributed by atoms with Crippen molar-refractivity contribution in [2.75, 3.05) is 5.01 Å². The maximum atomic E-state index is 12.2. The highest BCUT2D eigenvalue weighted by Gasteiger charge is 2.28. The van der Waals surface area contributed by atoms with Crippen molar-refractivity contribution in [2.24, 2.45) is 4.99 Å². The second-order valence-electron chi connectivity index (χ2n) is 5.57. The average molecular weight is 289 g/mol. The lowest BCUT2D eigenvalue weighted by molar-refractivity contribution is -0.118. The number of nitrogens with zero attached hydrogens (tertiary/aromatic N) is 4. The fourth-order valence-corrected chi connectivity index (χ4v) is 2.49. The Morgan fingerprint density at radius 1 is 1.33 bits per heavy atom. The molecule has 1 N–H and O–H groups in total. The first-order valence-corrected chi connectivity index (χ1v) is 7.37. The molecule has 6 heteroatoms. The van der Waals surface area contributed by atoms with Gasteiger partial charge in [0.05, 0.1) is 0 Å². The minimum atomic E-state index is -0.0101. The number of carbonyl (C=O) groups is 1. The zero-order valence-electron chi connectivity index (χ0n) is 13.3. The van der Waals surface area contributed by atoms with E-state index in [0.29, 0.717) is 23.9 Å². The molecule has 1 aliphatic rings. The van der Waals surface area contributed by atoms with Gasteiger partial charge in [-0.3, -0.25) is 10.2 Å². The Morgan fingerprint density at radius 3 is 2.57 bits per heavy atom. The van der Waals surface area contributed by atoms with Crippen LogP contribution in [0.4, 0.5) is 11.5 Å². The van der Waals surface area contributed by atoms with E-state index in [-0.39, 0.29) is 18.0 Å². The van der Waals surface area contributed by atoms with Gasteiger partial charge in [-0.15, -0.1) is 0 Å². The zero-order valence-corrected chi connectivity index (χ0v) is 13.3. The Labute approximate surface area is 125 Å². The summed E-state index contributed by atoms with van der Waals surface area (Å²) in [7, 11) is 0. The topological polar surface area (TPSA) is 60.8 Å². The van der Waals surface area contributed by atoms with E-state index in [1.54, 1.807) is 17.3 Å². The van der Waals surface area contributed by atoms with Gasteiger partial charge in [-0.05, 0) is 39.8 Å². The Bertz CT molecular complexity index is 545. The monoisotopic (exact) mass is 289 g/mol. The van der Waals surface area contributed by atoms with E-state index in [0.717, 1.165) is 0 Å². The second-order valence-corrected chi connectivity index (χ2v) is 5.57. The van der Waals surface area contributed by atoms with Gasteiger partial charge >= 0.3 is 0 Å². The molecule has 0 saturated carbocycles. The van der Waals surface area contributed by atoms with Crippen LogP contribution in [-0.2, 0) is 4.79 Å². The standard InChI is InChI=1S/C15H23N5O/c1-6-13(21)20-12-8-7-9-16-14(12)17-15(18-20)19(10(2)3)11(4)5/h7-11H,6H2,1-5H3,(H,16,17,18). The number of hydrazine groups is 1. The van der Waals surface area contributed by atoms with Crippen LogP contribution in [0.25, 0.3) is 0 Å². The third kappa shape index (κ3) is 2.99. The number of guanidine groups is 1. The van der Waals surface area contributed by atoms with Crippen molar-refractivity contribution >= 4 is 23.4 Å². The maximum Gasteiger partial charge on any atom is 0.245 e. The Hall–Kier alpha value is -2.11. The first kappa shape index (κ1) is 15.3. The number of carbonyl (C=O) groups excluding carboxylic acids is 1. The van der Waals surface area contributed by atoms with Crippen LogP contribution >= 0.6 is 0 Å².